The van der Waals surface area contributed by atoms with Crippen molar-refractivity contribution in [3.05, 3.63) is 94.3 Å². The molecule has 3 N–H and O–H groups in total. The number of aromatic nitrogens is 1. The number of hydrogen-bond donors (Lipinski definition) is 3. The third-order valence-electron chi connectivity index (χ3n) is 4.50. The van der Waals surface area contributed by atoms with E-state index in [1.807, 2.05) is 32.0 Å². The summed E-state index contributed by atoms with van der Waals surface area (Å²) in [4.78, 5) is 0.353. The van der Waals surface area contributed by atoms with Crippen LogP contribution < -0.4 is 9.88 Å². The Kier molecular flexibility index (Phi) is 6.64. The summed E-state index contributed by atoms with van der Waals surface area (Å²) >= 11 is 11.7. The van der Waals surface area contributed by atoms with E-state index in [1.54, 1.807) is 53.4 Å². The Morgan fingerprint density at radius 3 is 2.52 bits per heavy atom. The largest absolute Gasteiger partial charge is 0.502 e. The van der Waals surface area contributed by atoms with Crippen molar-refractivity contribution in [3.63, 3.8) is 0 Å². The topological polar surface area (TPSA) is 56.4 Å². The molecule has 0 fully saturated rings. The number of nitrogens with zero attached hydrogens (tertiary/aromatic N) is 1. The molecular weight excluding hydrogens is 404 g/mol. The molecule has 3 aromatic rings. The van der Waals surface area contributed by atoms with Crippen LogP contribution in [0, 0.1) is 13.8 Å². The van der Waals surface area contributed by atoms with Crippen LogP contribution in [-0.2, 0) is 6.61 Å². The quantitative estimate of drug-likeness (QED) is 0.231. The molecule has 148 valence electrons. The lowest BCUT2D eigenvalue weighted by molar-refractivity contribution is -0.576. The van der Waals surface area contributed by atoms with E-state index in [0.717, 1.165) is 16.8 Å². The molecule has 6 heteroatoms. The minimum atomic E-state index is -0.118. The maximum atomic E-state index is 11.1. The number of nitrogens with one attached hydrogen (secondary N) is 1. The summed E-state index contributed by atoms with van der Waals surface area (Å²) in [5.74, 6) is 0.00422. The highest BCUT2D eigenvalue weighted by atomic mass is 35.5. The first-order chi connectivity index (χ1) is 13.9. The van der Waals surface area contributed by atoms with Gasteiger partial charge in [-0.25, -0.2) is 0 Å². The second-order valence-corrected chi connectivity index (χ2v) is 7.60. The number of benzene rings is 2. The molecule has 0 bridgehead atoms. The zero-order valence-corrected chi connectivity index (χ0v) is 17.8. The fraction of sp³-hybridized carbons (Fsp3) is 0.130. The fourth-order valence-electron chi connectivity index (χ4n) is 2.90. The Labute approximate surface area is 180 Å². The second kappa shape index (κ2) is 9.18. The molecule has 0 radical (unpaired) electrons. The van der Waals surface area contributed by atoms with Gasteiger partial charge < -0.3 is 15.5 Å². The van der Waals surface area contributed by atoms with Crippen molar-refractivity contribution in [2.45, 2.75) is 20.5 Å². The minimum absolute atomic E-state index is 0.00422. The predicted molar refractivity (Wildman–Crippen MR) is 122 cm³/mol. The van der Waals surface area contributed by atoms with Crippen LogP contribution in [0.4, 0.5) is 5.69 Å². The lowest BCUT2D eigenvalue weighted by Crippen LogP contribution is -2.39. The van der Waals surface area contributed by atoms with Crippen molar-refractivity contribution >= 4 is 46.0 Å². The number of rotatable bonds is 5. The van der Waals surface area contributed by atoms with Crippen LogP contribution >= 0.6 is 23.8 Å². The highest BCUT2D eigenvalue weighted by Gasteiger charge is 2.24. The summed E-state index contributed by atoms with van der Waals surface area (Å²) < 4.78 is 1.70. The number of aryl methyl sites for hydroxylation is 2. The number of halogens is 1. The Bertz CT molecular complexity index is 1080. The van der Waals surface area contributed by atoms with Crippen molar-refractivity contribution < 1.29 is 14.8 Å². The molecule has 0 spiro atoms. The predicted octanol–water partition coefficient (Wildman–Crippen LogP) is 5.06. The van der Waals surface area contributed by atoms with Crippen molar-refractivity contribution in [1.29, 1.82) is 0 Å². The van der Waals surface area contributed by atoms with Gasteiger partial charge in [0.25, 0.3) is 5.70 Å². The van der Waals surface area contributed by atoms with Gasteiger partial charge in [0.05, 0.1) is 6.61 Å². The summed E-state index contributed by atoms with van der Waals surface area (Å²) in [6, 6.07) is 16.5. The monoisotopic (exact) mass is 425 g/mol. The highest BCUT2D eigenvalue weighted by molar-refractivity contribution is 7.81. The van der Waals surface area contributed by atoms with E-state index in [-0.39, 0.29) is 12.4 Å². The molecule has 0 atom stereocenters. The van der Waals surface area contributed by atoms with Gasteiger partial charge in [0, 0.05) is 27.9 Å². The van der Waals surface area contributed by atoms with Crippen LogP contribution in [0.15, 0.2) is 67.0 Å². The maximum Gasteiger partial charge on any atom is 0.288 e. The Balaban J connectivity index is 2.11. The highest BCUT2D eigenvalue weighted by Crippen LogP contribution is 2.23. The molecular formula is C23H22ClN2O2S+. The summed E-state index contributed by atoms with van der Waals surface area (Å²) in [6.45, 7) is 3.88. The van der Waals surface area contributed by atoms with E-state index in [4.69, 9.17) is 23.8 Å². The third kappa shape index (κ3) is 5.01. The number of pyridine rings is 1. The van der Waals surface area contributed by atoms with Crippen molar-refractivity contribution in [2.24, 2.45) is 0 Å². The van der Waals surface area contributed by atoms with Gasteiger partial charge in [-0.2, -0.15) is 4.57 Å². The molecule has 2 aromatic carbocycles. The molecule has 0 aliphatic rings. The smallest absolute Gasteiger partial charge is 0.288 e. The van der Waals surface area contributed by atoms with Gasteiger partial charge in [-0.05, 0) is 61.4 Å². The number of aliphatic hydroxyl groups is 2. The van der Waals surface area contributed by atoms with Crippen molar-refractivity contribution in [3.8, 4) is 0 Å². The molecule has 3 rings (SSSR count). The lowest BCUT2D eigenvalue weighted by atomic mass is 10.1. The van der Waals surface area contributed by atoms with Crippen LogP contribution in [0.2, 0.25) is 5.02 Å². The standard InChI is InChI=1S/C23H21ClN2O2S/c1-15-5-6-16(2)20(12-15)25-23(29)21(26-11-3-4-17(13-26)14-27)22(28)18-7-9-19(24)10-8-18/h3-13,27H,14H2,1-2H3,(H-,25,28,29)/p+1. The number of hydrogen-bond acceptors (Lipinski definition) is 3. The minimum Gasteiger partial charge on any atom is -0.502 e. The van der Waals surface area contributed by atoms with Gasteiger partial charge in [-0.15, -0.1) is 0 Å². The van der Waals surface area contributed by atoms with Crippen LogP contribution in [-0.4, -0.2) is 15.2 Å². The van der Waals surface area contributed by atoms with E-state index < -0.39 is 0 Å². The third-order valence-corrected chi connectivity index (χ3v) is 5.05. The van der Waals surface area contributed by atoms with E-state index in [2.05, 4.69) is 5.32 Å². The molecule has 0 aliphatic carbocycles. The molecule has 1 aromatic heterocycles. The fourth-order valence-corrected chi connectivity index (χ4v) is 3.34. The summed E-state index contributed by atoms with van der Waals surface area (Å²) in [7, 11) is 0. The van der Waals surface area contributed by atoms with Gasteiger partial charge in [0.15, 0.2) is 23.1 Å². The molecule has 0 saturated heterocycles. The van der Waals surface area contributed by atoms with Gasteiger partial charge in [-0.1, -0.05) is 36.0 Å². The Morgan fingerprint density at radius 1 is 1.10 bits per heavy atom. The van der Waals surface area contributed by atoms with Crippen molar-refractivity contribution in [2.75, 3.05) is 5.32 Å². The molecule has 0 amide bonds. The Hall–Kier alpha value is -2.73. The normalized spacial score (nSPS) is 11.7. The van der Waals surface area contributed by atoms with E-state index in [0.29, 0.717) is 26.8 Å². The first kappa shape index (κ1) is 21.0. The second-order valence-electron chi connectivity index (χ2n) is 6.75. The van der Waals surface area contributed by atoms with E-state index >= 15 is 0 Å². The number of thiocarbonyl (C=S) groups is 1. The van der Waals surface area contributed by atoms with Crippen LogP contribution in [0.3, 0.4) is 0 Å². The van der Waals surface area contributed by atoms with Crippen LogP contribution in [0.25, 0.3) is 11.5 Å². The van der Waals surface area contributed by atoms with Gasteiger partial charge in [0.2, 0.25) is 0 Å². The summed E-state index contributed by atoms with van der Waals surface area (Å²) in [5.41, 5.74) is 4.69. The van der Waals surface area contributed by atoms with Crippen LogP contribution in [0.1, 0.15) is 22.3 Å². The molecule has 4 nitrogen and oxygen atoms in total. The van der Waals surface area contributed by atoms with Gasteiger partial charge in [0.1, 0.15) is 0 Å². The van der Waals surface area contributed by atoms with Crippen LogP contribution in [0.5, 0.6) is 0 Å². The first-order valence-corrected chi connectivity index (χ1v) is 9.87. The molecule has 29 heavy (non-hydrogen) atoms. The zero-order chi connectivity index (χ0) is 21.0. The van der Waals surface area contributed by atoms with Gasteiger partial charge >= 0.3 is 0 Å². The number of aliphatic hydroxyl groups excluding tert-OH is 2. The Morgan fingerprint density at radius 2 is 1.83 bits per heavy atom. The molecule has 0 unspecified atom stereocenters. The maximum absolute atomic E-state index is 11.1. The van der Waals surface area contributed by atoms with E-state index in [1.165, 1.54) is 0 Å². The number of anilines is 1. The molecule has 0 aliphatic heterocycles. The average molecular weight is 426 g/mol. The average Bonchev–Trinajstić information content (AvgIpc) is 2.71. The van der Waals surface area contributed by atoms with Gasteiger partial charge in [-0.3, -0.25) is 0 Å². The summed E-state index contributed by atoms with van der Waals surface area (Å²) in [5, 5.41) is 24.4. The first-order valence-electron chi connectivity index (χ1n) is 9.08. The molecule has 0 saturated carbocycles. The van der Waals surface area contributed by atoms with Crippen molar-refractivity contribution in [1.82, 2.24) is 0 Å². The zero-order valence-electron chi connectivity index (χ0n) is 16.2. The lowest BCUT2D eigenvalue weighted by Gasteiger charge is -2.13. The summed E-state index contributed by atoms with van der Waals surface area (Å²) in [6.07, 6.45) is 3.51. The molecule has 1 heterocycles. The SMILES string of the molecule is Cc1ccc(C)c(NC(=S)/C(=C(\O)c2ccc(Cl)cc2)[n+]2cccc(CO)c2)c1. The van der Waals surface area contributed by atoms with E-state index in [9.17, 15) is 10.2 Å².